The number of β-lactam (4-membered cyclic amide) rings is 1. The molecule has 4 heterocycles. The molecule has 2 aliphatic rings. The minimum atomic E-state index is -5.03. The Balaban J connectivity index is 1.20. The minimum Gasteiger partial charge on any atom is -0.490 e. The van der Waals surface area contributed by atoms with Gasteiger partial charge in [-0.3, -0.25) is 14.1 Å². The molecule has 2 aliphatic heterocycles. The molecular weight excluding hydrogens is 743 g/mol. The summed E-state index contributed by atoms with van der Waals surface area (Å²) in [5.74, 6) is -2.52. The fourth-order valence-corrected chi connectivity index (χ4v) is 6.10. The number of hydroxylamine groups is 2. The van der Waals surface area contributed by atoms with E-state index in [-0.39, 0.29) is 23.0 Å². The van der Waals surface area contributed by atoms with Crippen LogP contribution in [0.3, 0.4) is 0 Å². The van der Waals surface area contributed by atoms with Gasteiger partial charge in [0, 0.05) is 30.1 Å². The van der Waals surface area contributed by atoms with Gasteiger partial charge in [0.05, 0.1) is 11.6 Å². The average Bonchev–Trinajstić information content (AvgIpc) is 3.47. The first-order chi connectivity index (χ1) is 24.7. The number of rotatable bonds is 14. The Labute approximate surface area is 306 Å². The zero-order valence-electron chi connectivity index (χ0n) is 28.9. The number of carboxylic acid groups (broad SMARTS) is 1. The second-order valence-corrected chi connectivity index (χ2v) is 15.2. The number of fused-ring (bicyclic) bond motifs is 1. The van der Waals surface area contributed by atoms with Crippen LogP contribution in [0, 0.1) is 0 Å². The van der Waals surface area contributed by atoms with Crippen molar-refractivity contribution in [1.29, 1.82) is 0 Å². The number of nitrogens with one attached hydrogen (secondary N) is 3. The molecule has 3 aromatic rings. The second kappa shape index (κ2) is 14.9. The standard InChI is InChI=1S/C30H37N9O12S2/c1-29(2,3)49-28(44)38-11-16(12-38)33-23-18-7-6-17(10-15(18)8-9-32-23)48-13-20(26(42)43)50-37-36-21(19-14-52-27(31)34-19)24(40)35-22-25(41)39(30(22,4)5)51-53(45,46)47/h6-10,14,16,20,22,37H,11-13H2,1-5H3,(H2,31,34)(H,32,33)(H,35,40)(H,42,43)(H,45,46,47)/b36-21-/t20-,22+/m0/s1. The van der Waals surface area contributed by atoms with Gasteiger partial charge in [-0.15, -0.1) is 20.7 Å². The van der Waals surface area contributed by atoms with Crippen molar-refractivity contribution in [2.75, 3.05) is 30.7 Å². The van der Waals surface area contributed by atoms with E-state index in [1.54, 1.807) is 56.1 Å². The van der Waals surface area contributed by atoms with Crippen molar-refractivity contribution in [3.63, 3.8) is 0 Å². The third kappa shape index (κ3) is 9.36. The molecule has 0 aliphatic carbocycles. The molecular formula is C30H37N9O12S2. The van der Waals surface area contributed by atoms with Gasteiger partial charge in [0.25, 0.3) is 11.8 Å². The Morgan fingerprint density at radius 1 is 1.21 bits per heavy atom. The van der Waals surface area contributed by atoms with Gasteiger partial charge in [0.1, 0.15) is 35.5 Å². The molecule has 7 N–H and O–H groups in total. The maximum absolute atomic E-state index is 13.2. The molecule has 0 saturated carbocycles. The van der Waals surface area contributed by atoms with E-state index in [0.29, 0.717) is 29.7 Å². The number of aliphatic carboxylic acids is 1. The van der Waals surface area contributed by atoms with Gasteiger partial charge in [-0.1, -0.05) is 0 Å². The number of carbonyl (C=O) groups excluding carboxylic acids is 3. The topological polar surface area (TPSA) is 287 Å². The molecule has 0 unspecified atom stereocenters. The van der Waals surface area contributed by atoms with Crippen molar-refractivity contribution in [1.82, 2.24) is 30.8 Å². The number of aromatic nitrogens is 2. The number of amides is 3. The van der Waals surface area contributed by atoms with E-state index < -0.39 is 63.8 Å². The number of hydrogen-bond acceptors (Lipinski definition) is 17. The van der Waals surface area contributed by atoms with E-state index >= 15 is 0 Å². The van der Waals surface area contributed by atoms with Crippen LogP contribution in [0.4, 0.5) is 15.7 Å². The minimum absolute atomic E-state index is 0.0369. The number of pyridine rings is 1. The Morgan fingerprint density at radius 2 is 1.92 bits per heavy atom. The molecule has 1 aromatic carbocycles. The Bertz CT molecular complexity index is 2040. The summed E-state index contributed by atoms with van der Waals surface area (Å²) in [6, 6.07) is 5.43. The molecule has 3 amide bonds. The molecule has 2 atom stereocenters. The van der Waals surface area contributed by atoms with Gasteiger partial charge < -0.3 is 35.8 Å². The maximum Gasteiger partial charge on any atom is 0.418 e. The van der Waals surface area contributed by atoms with Gasteiger partial charge >= 0.3 is 22.5 Å². The zero-order chi connectivity index (χ0) is 38.9. The lowest BCUT2D eigenvalue weighted by Crippen LogP contribution is -2.76. The number of anilines is 2. The normalized spacial score (nSPS) is 18.1. The van der Waals surface area contributed by atoms with E-state index in [9.17, 15) is 32.7 Å². The number of ether oxygens (including phenoxy) is 2. The molecule has 53 heavy (non-hydrogen) atoms. The van der Waals surface area contributed by atoms with E-state index in [0.717, 1.165) is 22.1 Å². The number of hydrazone groups is 1. The number of nitrogen functional groups attached to an aromatic ring is 1. The number of nitrogens with zero attached hydrogens (tertiary/aromatic N) is 5. The lowest BCUT2D eigenvalue weighted by Gasteiger charge is -2.50. The molecule has 0 bridgehead atoms. The third-order valence-electron chi connectivity index (χ3n) is 7.74. The van der Waals surface area contributed by atoms with Crippen molar-refractivity contribution in [3.8, 4) is 5.75 Å². The molecule has 21 nitrogen and oxygen atoms in total. The summed E-state index contributed by atoms with van der Waals surface area (Å²) >= 11 is 0.964. The van der Waals surface area contributed by atoms with Gasteiger partial charge in [-0.25, -0.2) is 24.4 Å². The summed E-state index contributed by atoms with van der Waals surface area (Å²) in [4.78, 5) is 65.2. The molecule has 5 rings (SSSR count). The fraction of sp³-hybridized carbons (Fsp3) is 0.433. The highest BCUT2D eigenvalue weighted by Gasteiger charge is 2.58. The molecule has 2 saturated heterocycles. The predicted molar refractivity (Wildman–Crippen MR) is 187 cm³/mol. The van der Waals surface area contributed by atoms with E-state index in [1.807, 2.05) is 0 Å². The number of benzene rings is 1. The highest BCUT2D eigenvalue weighted by molar-refractivity contribution is 7.80. The quantitative estimate of drug-likeness (QED) is 0.0573. The lowest BCUT2D eigenvalue weighted by atomic mass is 9.84. The summed E-state index contributed by atoms with van der Waals surface area (Å²) in [6.07, 6.45) is -0.432. The Morgan fingerprint density at radius 3 is 2.53 bits per heavy atom. The molecule has 0 spiro atoms. The van der Waals surface area contributed by atoms with Gasteiger partial charge in [-0.2, -0.15) is 19.1 Å². The monoisotopic (exact) mass is 779 g/mol. The van der Waals surface area contributed by atoms with E-state index in [4.69, 9.17) is 24.6 Å². The first kappa shape index (κ1) is 38.9. The summed E-state index contributed by atoms with van der Waals surface area (Å²) in [5, 5.41) is 22.6. The third-order valence-corrected chi connectivity index (χ3v) is 8.75. The van der Waals surface area contributed by atoms with Crippen LogP contribution in [-0.4, -0.2) is 117 Å². The molecule has 23 heteroatoms. The molecule has 2 aromatic heterocycles. The van der Waals surface area contributed by atoms with Crippen LogP contribution in [0.5, 0.6) is 5.75 Å². The lowest BCUT2D eigenvalue weighted by molar-refractivity contribution is -0.218. The number of nitrogens with two attached hydrogens (primary N) is 1. The van der Waals surface area contributed by atoms with Crippen LogP contribution in [0.2, 0.25) is 0 Å². The highest BCUT2D eigenvalue weighted by Crippen LogP contribution is 2.33. The number of thiazole rings is 1. The summed E-state index contributed by atoms with van der Waals surface area (Å²) < 4.78 is 46.6. The summed E-state index contributed by atoms with van der Waals surface area (Å²) in [5.41, 5.74) is 5.23. The van der Waals surface area contributed by atoms with Gasteiger partial charge in [-0.05, 0) is 64.3 Å². The first-order valence-electron chi connectivity index (χ1n) is 15.7. The van der Waals surface area contributed by atoms with Crippen molar-refractivity contribution in [2.45, 2.75) is 63.9 Å². The molecule has 0 radical (unpaired) electrons. The maximum atomic E-state index is 13.2. The SMILES string of the molecule is CC(C)(C)OC(=O)N1CC(Nc2nccc3cc(OC[C@H](ON/N=C(\C(=O)N[C@@H]4C(=O)N(OS(=O)(=O)O)C4(C)C)c4csc(N)n4)C(=O)O)ccc23)C1. The largest absolute Gasteiger partial charge is 0.490 e. The number of likely N-dealkylation sites (tertiary alicyclic amines) is 1. The van der Waals surface area contributed by atoms with E-state index in [1.165, 1.54) is 19.2 Å². The second-order valence-electron chi connectivity index (χ2n) is 13.3. The molecule has 286 valence electrons. The number of carbonyl (C=O) groups is 4. The Kier molecular flexibility index (Phi) is 11.0. The van der Waals surface area contributed by atoms with Crippen molar-refractivity contribution in [3.05, 3.63) is 41.5 Å². The smallest absolute Gasteiger partial charge is 0.418 e. The average molecular weight is 780 g/mol. The number of hydrogen-bond donors (Lipinski definition) is 6. The van der Waals surface area contributed by atoms with Crippen molar-refractivity contribution >= 4 is 73.0 Å². The Hall–Kier alpha value is -5.36. The highest BCUT2D eigenvalue weighted by atomic mass is 32.3. The summed E-state index contributed by atoms with van der Waals surface area (Å²) in [6.45, 7) is 8.52. The van der Waals surface area contributed by atoms with Crippen LogP contribution in [0.15, 0.2) is 40.9 Å². The van der Waals surface area contributed by atoms with Crippen molar-refractivity contribution < 1.29 is 55.9 Å². The zero-order valence-corrected chi connectivity index (χ0v) is 30.6. The van der Waals surface area contributed by atoms with Crippen LogP contribution in [-0.2, 0) is 38.6 Å². The van der Waals surface area contributed by atoms with Crippen LogP contribution in [0.25, 0.3) is 10.8 Å². The number of carboxylic acids is 1. The fourth-order valence-electron chi connectivity index (χ4n) is 5.10. The van der Waals surface area contributed by atoms with Crippen molar-refractivity contribution in [2.24, 2.45) is 5.10 Å². The van der Waals surface area contributed by atoms with Crippen LogP contribution in [0.1, 0.15) is 40.3 Å². The van der Waals surface area contributed by atoms with Gasteiger partial charge in [0.15, 0.2) is 10.8 Å². The van der Waals surface area contributed by atoms with Gasteiger partial charge in [0.2, 0.25) is 6.10 Å². The molecule has 2 fully saturated rings. The van der Waals surface area contributed by atoms with Crippen LogP contribution >= 0.6 is 11.3 Å². The van der Waals surface area contributed by atoms with E-state index in [2.05, 4.69) is 35.6 Å². The summed E-state index contributed by atoms with van der Waals surface area (Å²) in [7, 11) is -5.03. The van der Waals surface area contributed by atoms with Crippen LogP contribution < -0.4 is 26.7 Å². The first-order valence-corrected chi connectivity index (χ1v) is 18.0. The predicted octanol–water partition coefficient (Wildman–Crippen LogP) is 0.902.